The third kappa shape index (κ3) is 2.77. The number of hydrogen-bond acceptors (Lipinski definition) is 6. The summed E-state index contributed by atoms with van der Waals surface area (Å²) in [4.78, 5) is 13.6. The van der Waals surface area contributed by atoms with E-state index in [1.807, 2.05) is 18.5 Å². The molecule has 1 aromatic heterocycles. The number of anilines is 1. The SMILES string of the molecule is NCC1(N2CCN(c3ncccn3)CC2)CCCSC1. The Morgan fingerprint density at radius 3 is 2.55 bits per heavy atom. The lowest BCUT2D eigenvalue weighted by atomic mass is 9.92. The highest BCUT2D eigenvalue weighted by Gasteiger charge is 2.38. The lowest BCUT2D eigenvalue weighted by Crippen LogP contribution is -2.62. The zero-order chi connectivity index (χ0) is 13.8. The number of rotatable bonds is 3. The van der Waals surface area contributed by atoms with E-state index in [9.17, 15) is 0 Å². The highest BCUT2D eigenvalue weighted by Crippen LogP contribution is 2.32. The summed E-state index contributed by atoms with van der Waals surface area (Å²) in [6.45, 7) is 4.90. The average Bonchev–Trinajstić information content (AvgIpc) is 2.56. The van der Waals surface area contributed by atoms with Gasteiger partial charge in [0, 0.05) is 56.4 Å². The maximum absolute atomic E-state index is 6.12. The smallest absolute Gasteiger partial charge is 0.225 e. The molecule has 110 valence electrons. The summed E-state index contributed by atoms with van der Waals surface area (Å²) in [7, 11) is 0. The third-order valence-electron chi connectivity index (χ3n) is 4.47. The Morgan fingerprint density at radius 1 is 1.20 bits per heavy atom. The summed E-state index contributed by atoms with van der Waals surface area (Å²) in [5.74, 6) is 3.33. The minimum Gasteiger partial charge on any atom is -0.338 e. The molecular weight excluding hydrogens is 270 g/mol. The molecule has 2 fully saturated rings. The largest absolute Gasteiger partial charge is 0.338 e. The highest BCUT2D eigenvalue weighted by molar-refractivity contribution is 7.99. The second-order valence-electron chi connectivity index (χ2n) is 5.61. The standard InChI is InChI=1S/C14H23N5S/c15-11-14(3-1-10-20-12-14)19-8-6-18(7-9-19)13-16-4-2-5-17-13/h2,4-5H,1,3,6-12,15H2. The first-order valence-corrected chi connectivity index (χ1v) is 8.54. The van der Waals surface area contributed by atoms with E-state index in [0.717, 1.165) is 38.7 Å². The molecule has 2 saturated heterocycles. The zero-order valence-corrected chi connectivity index (χ0v) is 12.7. The van der Waals surface area contributed by atoms with Gasteiger partial charge >= 0.3 is 0 Å². The molecule has 0 aliphatic carbocycles. The Morgan fingerprint density at radius 2 is 1.95 bits per heavy atom. The first-order valence-electron chi connectivity index (χ1n) is 7.39. The van der Waals surface area contributed by atoms with E-state index in [4.69, 9.17) is 5.73 Å². The second kappa shape index (κ2) is 6.28. The van der Waals surface area contributed by atoms with Crippen LogP contribution in [0.2, 0.25) is 0 Å². The predicted octanol–water partition coefficient (Wildman–Crippen LogP) is 0.823. The molecule has 0 amide bonds. The van der Waals surface area contributed by atoms with Crippen LogP contribution in [0.3, 0.4) is 0 Å². The first-order chi connectivity index (χ1) is 9.84. The van der Waals surface area contributed by atoms with Crippen LogP contribution in [-0.2, 0) is 0 Å². The number of thioether (sulfide) groups is 1. The molecule has 0 aromatic carbocycles. The number of aromatic nitrogens is 2. The molecule has 3 rings (SSSR count). The Labute approximate surface area is 124 Å². The second-order valence-corrected chi connectivity index (χ2v) is 6.71. The molecule has 2 N–H and O–H groups in total. The maximum atomic E-state index is 6.12. The summed E-state index contributed by atoms with van der Waals surface area (Å²) in [5, 5.41) is 0. The lowest BCUT2D eigenvalue weighted by molar-refractivity contribution is 0.0950. The van der Waals surface area contributed by atoms with Gasteiger partial charge in [-0.2, -0.15) is 11.8 Å². The Hall–Kier alpha value is -0.850. The van der Waals surface area contributed by atoms with Crippen LogP contribution < -0.4 is 10.6 Å². The van der Waals surface area contributed by atoms with Gasteiger partial charge in [0.2, 0.25) is 5.95 Å². The summed E-state index contributed by atoms with van der Waals surface area (Å²) >= 11 is 2.06. The van der Waals surface area contributed by atoms with Crippen molar-refractivity contribution in [2.75, 3.05) is 49.1 Å². The third-order valence-corrected chi connectivity index (χ3v) is 5.79. The molecule has 1 atom stereocenters. The fourth-order valence-corrected chi connectivity index (χ4v) is 4.53. The van der Waals surface area contributed by atoms with E-state index in [1.54, 1.807) is 0 Å². The van der Waals surface area contributed by atoms with Gasteiger partial charge in [-0.05, 0) is 24.7 Å². The van der Waals surface area contributed by atoms with E-state index in [2.05, 4.69) is 31.5 Å². The van der Waals surface area contributed by atoms with E-state index in [1.165, 1.54) is 24.3 Å². The van der Waals surface area contributed by atoms with Crippen molar-refractivity contribution >= 4 is 17.7 Å². The van der Waals surface area contributed by atoms with Crippen LogP contribution in [0.15, 0.2) is 18.5 Å². The van der Waals surface area contributed by atoms with Gasteiger partial charge in [0.15, 0.2) is 0 Å². The van der Waals surface area contributed by atoms with Crippen molar-refractivity contribution in [1.82, 2.24) is 14.9 Å². The van der Waals surface area contributed by atoms with Crippen molar-refractivity contribution in [3.8, 4) is 0 Å². The molecule has 6 heteroatoms. The quantitative estimate of drug-likeness (QED) is 0.890. The zero-order valence-electron chi connectivity index (χ0n) is 11.9. The van der Waals surface area contributed by atoms with E-state index >= 15 is 0 Å². The normalized spacial score (nSPS) is 28.6. The number of hydrogen-bond donors (Lipinski definition) is 1. The molecule has 20 heavy (non-hydrogen) atoms. The molecule has 0 saturated carbocycles. The van der Waals surface area contributed by atoms with Crippen molar-refractivity contribution in [2.45, 2.75) is 18.4 Å². The lowest BCUT2D eigenvalue weighted by Gasteiger charge is -2.49. The molecule has 2 aliphatic rings. The molecule has 5 nitrogen and oxygen atoms in total. The fourth-order valence-electron chi connectivity index (χ4n) is 3.21. The van der Waals surface area contributed by atoms with Crippen LogP contribution in [0.4, 0.5) is 5.95 Å². The number of nitrogens with zero attached hydrogens (tertiary/aromatic N) is 4. The van der Waals surface area contributed by atoms with Gasteiger partial charge in [-0.1, -0.05) is 0 Å². The highest BCUT2D eigenvalue weighted by atomic mass is 32.2. The predicted molar refractivity (Wildman–Crippen MR) is 84.2 cm³/mol. The maximum Gasteiger partial charge on any atom is 0.225 e. The van der Waals surface area contributed by atoms with Crippen LogP contribution >= 0.6 is 11.8 Å². The minimum atomic E-state index is 0.229. The molecule has 0 bridgehead atoms. The molecular formula is C14H23N5S. The molecule has 2 aliphatic heterocycles. The van der Waals surface area contributed by atoms with Gasteiger partial charge < -0.3 is 10.6 Å². The fraction of sp³-hybridized carbons (Fsp3) is 0.714. The van der Waals surface area contributed by atoms with Gasteiger partial charge in [-0.25, -0.2) is 9.97 Å². The van der Waals surface area contributed by atoms with Crippen LogP contribution in [0.25, 0.3) is 0 Å². The van der Waals surface area contributed by atoms with Gasteiger partial charge in [-0.15, -0.1) is 0 Å². The van der Waals surface area contributed by atoms with E-state index in [-0.39, 0.29) is 5.54 Å². The van der Waals surface area contributed by atoms with Crippen molar-refractivity contribution < 1.29 is 0 Å². The van der Waals surface area contributed by atoms with Gasteiger partial charge in [-0.3, -0.25) is 4.90 Å². The number of piperazine rings is 1. The van der Waals surface area contributed by atoms with Crippen LogP contribution in [0, 0.1) is 0 Å². The van der Waals surface area contributed by atoms with Crippen molar-refractivity contribution in [3.63, 3.8) is 0 Å². The Balaban J connectivity index is 1.63. The molecule has 0 spiro atoms. The Bertz CT molecular complexity index is 413. The van der Waals surface area contributed by atoms with Gasteiger partial charge in [0.05, 0.1) is 0 Å². The van der Waals surface area contributed by atoms with Crippen molar-refractivity contribution in [3.05, 3.63) is 18.5 Å². The summed E-state index contributed by atoms with van der Waals surface area (Å²) in [5.41, 5.74) is 6.35. The molecule has 1 unspecified atom stereocenters. The molecule has 1 aromatic rings. The number of nitrogens with two attached hydrogens (primary N) is 1. The van der Waals surface area contributed by atoms with E-state index < -0.39 is 0 Å². The van der Waals surface area contributed by atoms with E-state index in [0.29, 0.717) is 0 Å². The first kappa shape index (κ1) is 14.1. The Kier molecular flexibility index (Phi) is 4.43. The summed E-state index contributed by atoms with van der Waals surface area (Å²) in [6.07, 6.45) is 6.17. The molecule has 3 heterocycles. The molecule has 0 radical (unpaired) electrons. The van der Waals surface area contributed by atoms with Crippen molar-refractivity contribution in [1.29, 1.82) is 0 Å². The van der Waals surface area contributed by atoms with Crippen LogP contribution in [-0.4, -0.2) is 64.6 Å². The van der Waals surface area contributed by atoms with Crippen LogP contribution in [0.5, 0.6) is 0 Å². The van der Waals surface area contributed by atoms with Gasteiger partial charge in [0.1, 0.15) is 0 Å². The van der Waals surface area contributed by atoms with Crippen LogP contribution in [0.1, 0.15) is 12.8 Å². The monoisotopic (exact) mass is 293 g/mol. The minimum absolute atomic E-state index is 0.229. The van der Waals surface area contributed by atoms with Gasteiger partial charge in [0.25, 0.3) is 0 Å². The summed E-state index contributed by atoms with van der Waals surface area (Å²) < 4.78 is 0. The topological polar surface area (TPSA) is 58.3 Å². The van der Waals surface area contributed by atoms with Crippen molar-refractivity contribution in [2.24, 2.45) is 5.73 Å². The average molecular weight is 293 g/mol. The summed E-state index contributed by atoms with van der Waals surface area (Å²) in [6, 6.07) is 1.86.